The number of amides is 1. The average molecular weight is 301 g/mol. The van der Waals surface area contributed by atoms with Gasteiger partial charge in [0.15, 0.2) is 0 Å². The molecule has 2 rings (SSSR count). The molecule has 0 spiro atoms. The van der Waals surface area contributed by atoms with Gasteiger partial charge in [-0.15, -0.1) is 0 Å². The number of hydrogen-bond acceptors (Lipinski definition) is 3. The maximum Gasteiger partial charge on any atom is 0.405 e. The molecule has 0 saturated carbocycles. The fourth-order valence-corrected chi connectivity index (χ4v) is 1.73. The van der Waals surface area contributed by atoms with Crippen molar-refractivity contribution in [3.8, 4) is 0 Å². The van der Waals surface area contributed by atoms with Gasteiger partial charge in [0.1, 0.15) is 25.6 Å². The number of benzene rings is 1. The number of aromatic nitrogens is 2. The van der Waals surface area contributed by atoms with Crippen molar-refractivity contribution in [3.05, 3.63) is 29.6 Å². The van der Waals surface area contributed by atoms with Gasteiger partial charge in [-0.1, -0.05) is 6.07 Å². The molecule has 0 radical (unpaired) electrons. The molecule has 0 fully saturated rings. The molecule has 0 saturated heterocycles. The Morgan fingerprint density at radius 1 is 1.43 bits per heavy atom. The Kier molecular flexibility index (Phi) is 4.46. The zero-order valence-corrected chi connectivity index (χ0v) is 11.3. The van der Waals surface area contributed by atoms with E-state index in [1.54, 1.807) is 5.32 Å². The van der Waals surface area contributed by atoms with E-state index in [1.165, 1.54) is 0 Å². The number of nitrogens with zero attached hydrogens (tertiary/aromatic N) is 1. The zero-order valence-electron chi connectivity index (χ0n) is 11.3. The fraction of sp³-hybridized carbons (Fsp3) is 0.385. The van der Waals surface area contributed by atoms with E-state index >= 15 is 0 Å². The van der Waals surface area contributed by atoms with E-state index in [0.717, 1.165) is 16.6 Å². The molecule has 0 unspecified atom stereocenters. The van der Waals surface area contributed by atoms with Crippen LogP contribution in [0, 0.1) is 6.92 Å². The molecular weight excluding hydrogens is 287 g/mol. The van der Waals surface area contributed by atoms with Crippen LogP contribution < -0.4 is 5.32 Å². The van der Waals surface area contributed by atoms with Gasteiger partial charge in [-0.25, -0.2) is 4.98 Å². The highest BCUT2D eigenvalue weighted by molar-refractivity contribution is 5.77. The molecule has 21 heavy (non-hydrogen) atoms. The Morgan fingerprint density at radius 2 is 2.19 bits per heavy atom. The first-order valence-corrected chi connectivity index (χ1v) is 6.20. The SMILES string of the molecule is Cc1ccc2nc(COCC(=O)NCC(F)(F)F)[nH]c2c1. The number of fused-ring (bicyclic) bond motifs is 1. The van der Waals surface area contributed by atoms with Crippen molar-refractivity contribution in [3.63, 3.8) is 0 Å². The van der Waals surface area contributed by atoms with Gasteiger partial charge < -0.3 is 15.0 Å². The second-order valence-electron chi connectivity index (χ2n) is 4.59. The monoisotopic (exact) mass is 301 g/mol. The van der Waals surface area contributed by atoms with Crippen molar-refractivity contribution >= 4 is 16.9 Å². The summed E-state index contributed by atoms with van der Waals surface area (Å²) in [4.78, 5) is 18.4. The number of aryl methyl sites for hydroxylation is 1. The molecule has 2 N–H and O–H groups in total. The molecule has 0 aliphatic carbocycles. The number of alkyl halides is 3. The molecule has 0 aliphatic rings. The third kappa shape index (κ3) is 4.75. The first-order valence-electron chi connectivity index (χ1n) is 6.20. The van der Waals surface area contributed by atoms with Gasteiger partial charge in [0, 0.05) is 0 Å². The van der Waals surface area contributed by atoms with Gasteiger partial charge in [0.05, 0.1) is 11.0 Å². The molecule has 1 amide bonds. The van der Waals surface area contributed by atoms with E-state index in [9.17, 15) is 18.0 Å². The van der Waals surface area contributed by atoms with Crippen LogP contribution >= 0.6 is 0 Å². The van der Waals surface area contributed by atoms with Gasteiger partial charge >= 0.3 is 6.18 Å². The number of carbonyl (C=O) groups is 1. The second-order valence-corrected chi connectivity index (χ2v) is 4.59. The minimum Gasteiger partial charge on any atom is -0.364 e. The van der Waals surface area contributed by atoms with Gasteiger partial charge in [-0.05, 0) is 24.6 Å². The zero-order chi connectivity index (χ0) is 15.5. The lowest BCUT2D eigenvalue weighted by molar-refractivity contribution is -0.141. The standard InChI is InChI=1S/C13H14F3N3O2/c1-8-2-3-9-10(4-8)19-11(18-9)5-21-6-12(20)17-7-13(14,15)16/h2-4H,5-7H2,1H3,(H,17,20)(H,18,19). The number of nitrogens with one attached hydrogen (secondary N) is 2. The van der Waals surface area contributed by atoms with Crippen molar-refractivity contribution < 1.29 is 22.7 Å². The van der Waals surface area contributed by atoms with E-state index in [0.29, 0.717) is 5.82 Å². The lowest BCUT2D eigenvalue weighted by Crippen LogP contribution is -2.35. The Bertz CT molecular complexity index is 637. The number of aromatic amines is 1. The van der Waals surface area contributed by atoms with Crippen LogP contribution in [0.5, 0.6) is 0 Å². The van der Waals surface area contributed by atoms with Crippen molar-refractivity contribution in [1.82, 2.24) is 15.3 Å². The first-order chi connectivity index (χ1) is 9.83. The summed E-state index contributed by atoms with van der Waals surface area (Å²) in [6, 6.07) is 5.68. The Morgan fingerprint density at radius 3 is 2.90 bits per heavy atom. The molecule has 5 nitrogen and oxygen atoms in total. The molecule has 8 heteroatoms. The van der Waals surface area contributed by atoms with Crippen LogP contribution in [0.3, 0.4) is 0 Å². The number of hydrogen-bond donors (Lipinski definition) is 2. The van der Waals surface area contributed by atoms with Gasteiger partial charge in [0.2, 0.25) is 5.91 Å². The second kappa shape index (κ2) is 6.13. The minimum absolute atomic E-state index is 0.0210. The van der Waals surface area contributed by atoms with Gasteiger partial charge in [0.25, 0.3) is 0 Å². The number of imidazole rings is 1. The highest BCUT2D eigenvalue weighted by atomic mass is 19.4. The van der Waals surface area contributed by atoms with E-state index in [-0.39, 0.29) is 6.61 Å². The Hall–Kier alpha value is -2.09. The van der Waals surface area contributed by atoms with Crippen LogP contribution in [0.4, 0.5) is 13.2 Å². The van der Waals surface area contributed by atoms with Crippen LogP contribution in [0.2, 0.25) is 0 Å². The summed E-state index contributed by atoms with van der Waals surface area (Å²) in [6.45, 7) is 0.153. The molecule has 2 aromatic rings. The topological polar surface area (TPSA) is 67.0 Å². The van der Waals surface area contributed by atoms with E-state index in [2.05, 4.69) is 9.97 Å². The van der Waals surface area contributed by atoms with Crippen molar-refractivity contribution in [1.29, 1.82) is 0 Å². The molecule has 1 aromatic heterocycles. The highest BCUT2D eigenvalue weighted by Gasteiger charge is 2.27. The Labute approximate surface area is 118 Å². The van der Waals surface area contributed by atoms with Gasteiger partial charge in [-0.3, -0.25) is 4.79 Å². The van der Waals surface area contributed by atoms with Crippen LogP contribution in [-0.4, -0.2) is 35.2 Å². The molecular formula is C13H14F3N3O2. The normalized spacial score (nSPS) is 11.8. The maximum absolute atomic E-state index is 11.9. The summed E-state index contributed by atoms with van der Waals surface area (Å²) in [7, 11) is 0. The largest absolute Gasteiger partial charge is 0.405 e. The highest BCUT2D eigenvalue weighted by Crippen LogP contribution is 2.14. The van der Waals surface area contributed by atoms with Crippen molar-refractivity contribution in [2.45, 2.75) is 19.7 Å². The maximum atomic E-state index is 11.9. The van der Waals surface area contributed by atoms with Crippen LogP contribution in [0.1, 0.15) is 11.4 Å². The lowest BCUT2D eigenvalue weighted by Gasteiger charge is -2.08. The molecule has 114 valence electrons. The summed E-state index contributed by atoms with van der Waals surface area (Å²) in [5, 5.41) is 1.72. The lowest BCUT2D eigenvalue weighted by atomic mass is 10.2. The Balaban J connectivity index is 1.81. The molecule has 0 atom stereocenters. The predicted molar refractivity (Wildman–Crippen MR) is 69.6 cm³/mol. The van der Waals surface area contributed by atoms with E-state index in [1.807, 2.05) is 25.1 Å². The summed E-state index contributed by atoms with van der Waals surface area (Å²) in [5.41, 5.74) is 2.68. The minimum atomic E-state index is -4.42. The first kappa shape index (κ1) is 15.3. The smallest absolute Gasteiger partial charge is 0.364 e. The third-order valence-corrected chi connectivity index (χ3v) is 2.64. The summed E-state index contributed by atoms with van der Waals surface area (Å²) < 4.78 is 40.7. The van der Waals surface area contributed by atoms with Crippen LogP contribution in [0.15, 0.2) is 18.2 Å². The molecule has 1 heterocycles. The number of carbonyl (C=O) groups excluding carboxylic acids is 1. The average Bonchev–Trinajstić information content (AvgIpc) is 2.77. The van der Waals surface area contributed by atoms with Crippen LogP contribution in [-0.2, 0) is 16.1 Å². The molecule has 1 aromatic carbocycles. The predicted octanol–water partition coefficient (Wildman–Crippen LogP) is 2.07. The third-order valence-electron chi connectivity index (χ3n) is 2.64. The van der Waals surface area contributed by atoms with Crippen LogP contribution in [0.25, 0.3) is 11.0 Å². The molecule has 0 bridgehead atoms. The summed E-state index contributed by atoms with van der Waals surface area (Å²) in [6.07, 6.45) is -4.42. The number of ether oxygens (including phenoxy) is 1. The number of halogens is 3. The van der Waals surface area contributed by atoms with E-state index in [4.69, 9.17) is 4.74 Å². The number of rotatable bonds is 5. The van der Waals surface area contributed by atoms with Crippen molar-refractivity contribution in [2.75, 3.05) is 13.2 Å². The quantitative estimate of drug-likeness (QED) is 0.888. The fourth-order valence-electron chi connectivity index (χ4n) is 1.73. The van der Waals surface area contributed by atoms with Gasteiger partial charge in [-0.2, -0.15) is 13.2 Å². The number of H-pyrrole nitrogens is 1. The summed E-state index contributed by atoms with van der Waals surface area (Å²) in [5.74, 6) is -0.307. The summed E-state index contributed by atoms with van der Waals surface area (Å²) >= 11 is 0. The molecule has 0 aliphatic heterocycles. The van der Waals surface area contributed by atoms with E-state index < -0.39 is 25.2 Å². The van der Waals surface area contributed by atoms with Crippen molar-refractivity contribution in [2.24, 2.45) is 0 Å².